The molecule has 0 aliphatic carbocycles. The van der Waals surface area contributed by atoms with Gasteiger partial charge in [0.15, 0.2) is 0 Å². The molecular weight excluding hydrogens is 193 g/mol. The summed E-state index contributed by atoms with van der Waals surface area (Å²) in [7, 11) is 0. The van der Waals surface area contributed by atoms with Crippen LogP contribution in [-0.2, 0) is 4.79 Å². The Labute approximate surface area is 88.8 Å². The third-order valence-corrected chi connectivity index (χ3v) is 2.05. The maximum atomic E-state index is 13.3. The second-order valence-electron chi connectivity index (χ2n) is 3.25. The molecule has 0 fully saturated rings. The largest absolute Gasteiger partial charge is 0.346 e. The van der Waals surface area contributed by atoms with Gasteiger partial charge in [-0.15, -0.1) is 0 Å². The van der Waals surface area contributed by atoms with E-state index in [4.69, 9.17) is 0 Å². The fourth-order valence-corrected chi connectivity index (χ4v) is 1.32. The highest BCUT2D eigenvalue weighted by Gasteiger charge is 2.10. The van der Waals surface area contributed by atoms with Crippen LogP contribution in [0, 0.1) is 5.82 Å². The number of hydrogen-bond acceptors (Lipinski definition) is 1. The summed E-state index contributed by atoms with van der Waals surface area (Å²) in [5, 5.41) is 2.67. The highest BCUT2D eigenvalue weighted by atomic mass is 19.1. The van der Waals surface area contributed by atoms with Gasteiger partial charge in [-0.2, -0.15) is 0 Å². The SMILES string of the molecule is CC=CC(=O)NC(C)c1ccccc1F. The first kappa shape index (κ1) is 11.4. The summed E-state index contributed by atoms with van der Waals surface area (Å²) in [5.41, 5.74) is 0.496. The standard InChI is InChI=1S/C12H14FNO/c1-3-6-12(15)14-9(2)10-7-4-5-8-11(10)13/h3-9H,1-2H3,(H,14,15). The van der Waals surface area contributed by atoms with Gasteiger partial charge in [0.2, 0.25) is 5.91 Å². The summed E-state index contributed by atoms with van der Waals surface area (Å²) in [6, 6.07) is 6.09. The summed E-state index contributed by atoms with van der Waals surface area (Å²) < 4.78 is 13.3. The lowest BCUT2D eigenvalue weighted by Gasteiger charge is -2.13. The normalized spacial score (nSPS) is 12.7. The summed E-state index contributed by atoms with van der Waals surface area (Å²) >= 11 is 0. The van der Waals surface area contributed by atoms with Gasteiger partial charge in [0, 0.05) is 5.56 Å². The lowest BCUT2D eigenvalue weighted by Crippen LogP contribution is -2.25. The van der Waals surface area contributed by atoms with Gasteiger partial charge in [-0.25, -0.2) is 4.39 Å². The Bertz CT molecular complexity index is 374. The molecule has 0 saturated carbocycles. The Kier molecular flexibility index (Phi) is 4.03. The van der Waals surface area contributed by atoms with Gasteiger partial charge < -0.3 is 5.32 Å². The number of rotatable bonds is 3. The predicted octanol–water partition coefficient (Wildman–Crippen LogP) is 2.58. The maximum absolute atomic E-state index is 13.3. The van der Waals surface area contributed by atoms with Crippen LogP contribution in [0.4, 0.5) is 4.39 Å². The van der Waals surface area contributed by atoms with Crippen LogP contribution in [0.2, 0.25) is 0 Å². The third-order valence-electron chi connectivity index (χ3n) is 2.05. The lowest BCUT2D eigenvalue weighted by atomic mass is 10.1. The molecule has 1 unspecified atom stereocenters. The molecule has 3 heteroatoms. The summed E-state index contributed by atoms with van der Waals surface area (Å²) in [4.78, 5) is 11.2. The third kappa shape index (κ3) is 3.20. The van der Waals surface area contributed by atoms with Gasteiger partial charge in [-0.3, -0.25) is 4.79 Å². The fraction of sp³-hybridized carbons (Fsp3) is 0.250. The van der Waals surface area contributed by atoms with Crippen LogP contribution in [0.1, 0.15) is 25.5 Å². The van der Waals surface area contributed by atoms with Crippen LogP contribution >= 0.6 is 0 Å². The number of halogens is 1. The van der Waals surface area contributed by atoms with Crippen LogP contribution in [0.5, 0.6) is 0 Å². The minimum absolute atomic E-state index is 0.215. The summed E-state index contributed by atoms with van der Waals surface area (Å²) in [6.45, 7) is 3.51. The van der Waals surface area contributed by atoms with Gasteiger partial charge in [0.05, 0.1) is 6.04 Å². The molecule has 0 aliphatic rings. The van der Waals surface area contributed by atoms with Gasteiger partial charge >= 0.3 is 0 Å². The van der Waals surface area contributed by atoms with E-state index in [0.717, 1.165) is 0 Å². The molecule has 0 saturated heterocycles. The van der Waals surface area contributed by atoms with E-state index in [1.165, 1.54) is 12.1 Å². The molecule has 0 radical (unpaired) electrons. The first-order chi connectivity index (χ1) is 7.15. The van der Waals surface area contributed by atoms with Crippen molar-refractivity contribution in [3.8, 4) is 0 Å². The Morgan fingerprint density at radius 1 is 1.47 bits per heavy atom. The topological polar surface area (TPSA) is 29.1 Å². The van der Waals surface area contributed by atoms with Crippen molar-refractivity contribution in [3.63, 3.8) is 0 Å². The number of benzene rings is 1. The van der Waals surface area contributed by atoms with Gasteiger partial charge in [0.25, 0.3) is 0 Å². The molecular formula is C12H14FNO. The van der Waals surface area contributed by atoms with Crippen LogP contribution in [0.25, 0.3) is 0 Å². The molecule has 0 aromatic heterocycles. The van der Waals surface area contributed by atoms with Crippen LogP contribution in [0.3, 0.4) is 0 Å². The molecule has 0 spiro atoms. The highest BCUT2D eigenvalue weighted by Crippen LogP contribution is 2.15. The van der Waals surface area contributed by atoms with E-state index < -0.39 is 0 Å². The minimum atomic E-state index is -0.324. The zero-order valence-electron chi connectivity index (χ0n) is 8.83. The average Bonchev–Trinajstić information content (AvgIpc) is 2.18. The van der Waals surface area contributed by atoms with Crippen molar-refractivity contribution in [2.45, 2.75) is 19.9 Å². The molecule has 15 heavy (non-hydrogen) atoms. The van der Waals surface area contributed by atoms with Crippen molar-refractivity contribution >= 4 is 5.91 Å². The first-order valence-corrected chi connectivity index (χ1v) is 4.82. The lowest BCUT2D eigenvalue weighted by molar-refractivity contribution is -0.117. The Morgan fingerprint density at radius 2 is 2.13 bits per heavy atom. The second-order valence-corrected chi connectivity index (χ2v) is 3.25. The van der Waals surface area contributed by atoms with E-state index in [2.05, 4.69) is 5.32 Å². The highest BCUT2D eigenvalue weighted by molar-refractivity contribution is 5.87. The fourth-order valence-electron chi connectivity index (χ4n) is 1.32. The van der Waals surface area contributed by atoms with Crippen molar-refractivity contribution in [2.75, 3.05) is 0 Å². The van der Waals surface area contributed by atoms with Crippen molar-refractivity contribution in [2.24, 2.45) is 0 Å². The molecule has 0 heterocycles. The average molecular weight is 207 g/mol. The number of carbonyl (C=O) groups is 1. The molecule has 1 aromatic rings. The second kappa shape index (κ2) is 5.29. The molecule has 1 atom stereocenters. The van der Waals surface area contributed by atoms with Crippen LogP contribution in [0.15, 0.2) is 36.4 Å². The molecule has 0 aliphatic heterocycles. The Morgan fingerprint density at radius 3 is 2.73 bits per heavy atom. The van der Waals surface area contributed by atoms with Crippen molar-refractivity contribution in [1.82, 2.24) is 5.32 Å². The first-order valence-electron chi connectivity index (χ1n) is 4.82. The van der Waals surface area contributed by atoms with E-state index in [-0.39, 0.29) is 17.8 Å². The van der Waals surface area contributed by atoms with Crippen molar-refractivity contribution < 1.29 is 9.18 Å². The van der Waals surface area contributed by atoms with Gasteiger partial charge in [0.1, 0.15) is 5.82 Å². The van der Waals surface area contributed by atoms with E-state index in [0.29, 0.717) is 5.56 Å². The number of carbonyl (C=O) groups excluding carboxylic acids is 1. The smallest absolute Gasteiger partial charge is 0.244 e. The van der Waals surface area contributed by atoms with E-state index in [9.17, 15) is 9.18 Å². The zero-order chi connectivity index (χ0) is 11.3. The van der Waals surface area contributed by atoms with E-state index in [1.807, 2.05) is 0 Å². The molecule has 80 valence electrons. The minimum Gasteiger partial charge on any atom is -0.346 e. The summed E-state index contributed by atoms with van der Waals surface area (Å²) in [6.07, 6.45) is 3.06. The molecule has 1 amide bonds. The monoisotopic (exact) mass is 207 g/mol. The molecule has 2 nitrogen and oxygen atoms in total. The van der Waals surface area contributed by atoms with Crippen molar-refractivity contribution in [1.29, 1.82) is 0 Å². The van der Waals surface area contributed by atoms with Crippen LogP contribution in [-0.4, -0.2) is 5.91 Å². The molecule has 0 bridgehead atoms. The number of amides is 1. The Hall–Kier alpha value is -1.64. The quantitative estimate of drug-likeness (QED) is 0.758. The predicted molar refractivity (Wildman–Crippen MR) is 57.8 cm³/mol. The molecule has 1 N–H and O–H groups in total. The van der Waals surface area contributed by atoms with E-state index in [1.54, 1.807) is 38.1 Å². The maximum Gasteiger partial charge on any atom is 0.244 e. The van der Waals surface area contributed by atoms with E-state index >= 15 is 0 Å². The van der Waals surface area contributed by atoms with Crippen molar-refractivity contribution in [3.05, 3.63) is 47.8 Å². The number of allylic oxidation sites excluding steroid dienone is 1. The Balaban J connectivity index is 2.73. The van der Waals surface area contributed by atoms with Gasteiger partial charge in [-0.05, 0) is 26.0 Å². The zero-order valence-corrected chi connectivity index (χ0v) is 8.83. The number of hydrogen-bond donors (Lipinski definition) is 1. The van der Waals surface area contributed by atoms with Crippen LogP contribution < -0.4 is 5.32 Å². The number of nitrogens with one attached hydrogen (secondary N) is 1. The van der Waals surface area contributed by atoms with Gasteiger partial charge in [-0.1, -0.05) is 24.3 Å². The molecule has 1 rings (SSSR count). The molecule has 1 aromatic carbocycles. The summed E-state index contributed by atoms with van der Waals surface area (Å²) in [5.74, 6) is -0.515.